The van der Waals surface area contributed by atoms with Crippen molar-refractivity contribution >= 4 is 11.7 Å². The van der Waals surface area contributed by atoms with Crippen molar-refractivity contribution in [1.29, 1.82) is 0 Å². The van der Waals surface area contributed by atoms with Gasteiger partial charge in [-0.1, -0.05) is 0 Å². The number of rotatable bonds is 2. The number of carbonyl (C=O) groups excluding carboxylic acids is 1. The summed E-state index contributed by atoms with van der Waals surface area (Å²) in [6.45, 7) is 0.111. The molecule has 17 heavy (non-hydrogen) atoms. The van der Waals surface area contributed by atoms with Gasteiger partial charge in [-0.05, 0) is 24.3 Å². The monoisotopic (exact) mass is 243 g/mol. The van der Waals surface area contributed by atoms with E-state index in [1.807, 2.05) is 0 Å². The number of anilines is 1. The lowest BCUT2D eigenvalue weighted by Gasteiger charge is -2.09. The van der Waals surface area contributed by atoms with Crippen molar-refractivity contribution in [1.82, 2.24) is 0 Å². The molecule has 0 saturated carbocycles. The lowest BCUT2D eigenvalue weighted by atomic mass is 10.2. The van der Waals surface area contributed by atoms with Crippen LogP contribution < -0.4 is 5.32 Å². The Labute approximate surface area is 94.9 Å². The van der Waals surface area contributed by atoms with Gasteiger partial charge < -0.3 is 10.1 Å². The average Bonchev–Trinajstić information content (AvgIpc) is 2.63. The standard InChI is InChI=1S/C11H8F3NO2/c12-11(13,14)7-1-3-8(4-2-7)15-9-5-10(16)17-6-9/h1-5,15H,6H2. The van der Waals surface area contributed by atoms with Crippen LogP contribution in [0.15, 0.2) is 36.0 Å². The summed E-state index contributed by atoms with van der Waals surface area (Å²) in [7, 11) is 0. The van der Waals surface area contributed by atoms with E-state index >= 15 is 0 Å². The van der Waals surface area contributed by atoms with Crippen LogP contribution in [-0.2, 0) is 15.7 Å². The highest BCUT2D eigenvalue weighted by molar-refractivity contribution is 5.86. The molecule has 1 aliphatic heterocycles. The van der Waals surface area contributed by atoms with Crippen LogP contribution in [0.25, 0.3) is 0 Å². The number of hydrogen-bond acceptors (Lipinski definition) is 3. The van der Waals surface area contributed by atoms with E-state index in [4.69, 9.17) is 0 Å². The first kappa shape index (κ1) is 11.5. The van der Waals surface area contributed by atoms with E-state index in [1.165, 1.54) is 18.2 Å². The Morgan fingerprint density at radius 2 is 1.82 bits per heavy atom. The van der Waals surface area contributed by atoms with Crippen LogP contribution in [0.5, 0.6) is 0 Å². The van der Waals surface area contributed by atoms with Crippen molar-refractivity contribution in [2.45, 2.75) is 6.18 Å². The molecule has 0 unspecified atom stereocenters. The number of cyclic esters (lactones) is 1. The van der Waals surface area contributed by atoms with E-state index in [9.17, 15) is 18.0 Å². The minimum atomic E-state index is -4.34. The maximum atomic E-state index is 12.3. The molecule has 0 amide bonds. The van der Waals surface area contributed by atoms with E-state index in [-0.39, 0.29) is 6.61 Å². The van der Waals surface area contributed by atoms with Gasteiger partial charge in [0, 0.05) is 11.8 Å². The van der Waals surface area contributed by atoms with Crippen LogP contribution in [0.3, 0.4) is 0 Å². The molecule has 0 aliphatic carbocycles. The van der Waals surface area contributed by atoms with Gasteiger partial charge in [0.1, 0.15) is 6.61 Å². The topological polar surface area (TPSA) is 38.3 Å². The number of ether oxygens (including phenoxy) is 1. The molecule has 3 nitrogen and oxygen atoms in total. The van der Waals surface area contributed by atoms with Crippen molar-refractivity contribution in [3.05, 3.63) is 41.6 Å². The predicted molar refractivity (Wildman–Crippen MR) is 54.1 cm³/mol. The van der Waals surface area contributed by atoms with Crippen LogP contribution in [0.2, 0.25) is 0 Å². The molecule has 0 fully saturated rings. The molecule has 90 valence electrons. The lowest BCUT2D eigenvalue weighted by Crippen LogP contribution is -2.05. The number of hydrogen-bond donors (Lipinski definition) is 1. The molecule has 6 heteroatoms. The molecular weight excluding hydrogens is 235 g/mol. The maximum absolute atomic E-state index is 12.3. The molecule has 0 aromatic heterocycles. The largest absolute Gasteiger partial charge is 0.456 e. The second-order valence-corrected chi connectivity index (χ2v) is 3.48. The Hall–Kier alpha value is -1.98. The zero-order valence-electron chi connectivity index (χ0n) is 8.54. The number of carbonyl (C=O) groups is 1. The molecule has 0 radical (unpaired) electrons. The van der Waals surface area contributed by atoms with Crippen LogP contribution >= 0.6 is 0 Å². The highest BCUT2D eigenvalue weighted by Gasteiger charge is 2.29. The quantitative estimate of drug-likeness (QED) is 0.811. The zero-order valence-corrected chi connectivity index (χ0v) is 8.54. The second kappa shape index (κ2) is 4.12. The van der Waals surface area contributed by atoms with E-state index < -0.39 is 17.7 Å². The maximum Gasteiger partial charge on any atom is 0.416 e. The van der Waals surface area contributed by atoms with Crippen molar-refractivity contribution in [3.63, 3.8) is 0 Å². The number of esters is 1. The number of halogens is 3. The Morgan fingerprint density at radius 1 is 1.18 bits per heavy atom. The van der Waals surface area contributed by atoms with Crippen LogP contribution in [0, 0.1) is 0 Å². The highest BCUT2D eigenvalue weighted by Crippen LogP contribution is 2.30. The van der Waals surface area contributed by atoms with E-state index in [1.54, 1.807) is 0 Å². The summed E-state index contributed by atoms with van der Waals surface area (Å²) in [5.74, 6) is -0.459. The number of alkyl halides is 3. The van der Waals surface area contributed by atoms with Gasteiger partial charge in [-0.25, -0.2) is 4.79 Å². The number of benzene rings is 1. The fourth-order valence-electron chi connectivity index (χ4n) is 1.37. The fourth-order valence-corrected chi connectivity index (χ4v) is 1.37. The minimum absolute atomic E-state index is 0.111. The highest BCUT2D eigenvalue weighted by atomic mass is 19.4. The Bertz CT molecular complexity index is 463. The number of nitrogens with one attached hydrogen (secondary N) is 1. The van der Waals surface area contributed by atoms with Gasteiger partial charge in [-0.15, -0.1) is 0 Å². The van der Waals surface area contributed by atoms with Crippen molar-refractivity contribution in [3.8, 4) is 0 Å². The minimum Gasteiger partial charge on any atom is -0.456 e. The van der Waals surface area contributed by atoms with Gasteiger partial charge in [-0.3, -0.25) is 0 Å². The third-order valence-electron chi connectivity index (χ3n) is 2.18. The average molecular weight is 243 g/mol. The molecule has 0 saturated heterocycles. The summed E-state index contributed by atoms with van der Waals surface area (Å²) >= 11 is 0. The molecule has 2 rings (SSSR count). The smallest absolute Gasteiger partial charge is 0.416 e. The SMILES string of the molecule is O=C1C=C(Nc2ccc(C(F)(F)F)cc2)CO1. The lowest BCUT2D eigenvalue weighted by molar-refractivity contribution is -0.137. The Balaban J connectivity index is 2.09. The van der Waals surface area contributed by atoms with Gasteiger partial charge in [0.05, 0.1) is 11.3 Å². The molecule has 1 aliphatic rings. The van der Waals surface area contributed by atoms with Crippen molar-refractivity contribution < 1.29 is 22.7 Å². The van der Waals surface area contributed by atoms with Gasteiger partial charge in [-0.2, -0.15) is 13.2 Å². The molecule has 1 aromatic carbocycles. The summed E-state index contributed by atoms with van der Waals surface area (Å²) in [5, 5.41) is 2.80. The second-order valence-electron chi connectivity index (χ2n) is 3.48. The molecule has 1 N–H and O–H groups in total. The fraction of sp³-hybridized carbons (Fsp3) is 0.182. The molecule has 0 bridgehead atoms. The van der Waals surface area contributed by atoms with Gasteiger partial charge >= 0.3 is 12.1 Å². The van der Waals surface area contributed by atoms with Gasteiger partial charge in [0.15, 0.2) is 0 Å². The van der Waals surface area contributed by atoms with Crippen LogP contribution in [0.4, 0.5) is 18.9 Å². The van der Waals surface area contributed by atoms with Gasteiger partial charge in [0.25, 0.3) is 0 Å². The normalized spacial score (nSPS) is 15.5. The predicted octanol–water partition coefficient (Wildman–Crippen LogP) is 2.56. The van der Waals surface area contributed by atoms with Crippen LogP contribution in [0.1, 0.15) is 5.56 Å². The molecular formula is C11H8F3NO2. The van der Waals surface area contributed by atoms with Gasteiger partial charge in [0.2, 0.25) is 0 Å². The van der Waals surface area contributed by atoms with E-state index in [0.29, 0.717) is 11.4 Å². The molecule has 0 spiro atoms. The summed E-state index contributed by atoms with van der Waals surface area (Å²) < 4.78 is 41.5. The summed E-state index contributed by atoms with van der Waals surface area (Å²) in [5.41, 5.74) is 0.285. The molecule has 0 atom stereocenters. The first-order valence-corrected chi connectivity index (χ1v) is 4.77. The third kappa shape index (κ3) is 2.77. The first-order valence-electron chi connectivity index (χ1n) is 4.77. The first-order chi connectivity index (χ1) is 7.95. The Morgan fingerprint density at radius 3 is 2.29 bits per heavy atom. The van der Waals surface area contributed by atoms with Crippen LogP contribution in [-0.4, -0.2) is 12.6 Å². The van der Waals surface area contributed by atoms with Crippen molar-refractivity contribution in [2.24, 2.45) is 0 Å². The summed E-state index contributed by atoms with van der Waals surface area (Å²) in [4.78, 5) is 10.7. The Kier molecular flexibility index (Phi) is 2.79. The summed E-state index contributed by atoms with van der Waals surface area (Å²) in [6.07, 6.45) is -3.08. The third-order valence-corrected chi connectivity index (χ3v) is 2.18. The zero-order chi connectivity index (χ0) is 12.5. The molecule has 1 heterocycles. The van der Waals surface area contributed by atoms with E-state index in [2.05, 4.69) is 10.1 Å². The van der Waals surface area contributed by atoms with Crippen molar-refractivity contribution in [2.75, 3.05) is 11.9 Å². The summed E-state index contributed by atoms with van der Waals surface area (Å²) in [6, 6.07) is 4.54. The molecule has 1 aromatic rings. The van der Waals surface area contributed by atoms with E-state index in [0.717, 1.165) is 12.1 Å².